The molecule has 1 aliphatic rings. The van der Waals surface area contributed by atoms with Gasteiger partial charge in [-0.3, -0.25) is 9.59 Å². The summed E-state index contributed by atoms with van der Waals surface area (Å²) in [7, 11) is 3.11. The number of nitrogens with one attached hydrogen (secondary N) is 2. The second-order valence-electron chi connectivity index (χ2n) is 6.69. The average molecular weight is 427 g/mol. The highest BCUT2D eigenvalue weighted by Gasteiger charge is 2.32. The minimum absolute atomic E-state index is 0.0214. The van der Waals surface area contributed by atoms with Gasteiger partial charge in [0.15, 0.2) is 0 Å². The number of carbonyl (C=O) groups is 2. The van der Waals surface area contributed by atoms with E-state index in [4.69, 9.17) is 21.1 Å². The fourth-order valence-electron chi connectivity index (χ4n) is 3.26. The molecule has 2 heterocycles. The number of carbonyl (C=O) groups excluding carboxylic acids is 2. The van der Waals surface area contributed by atoms with Gasteiger partial charge in [0, 0.05) is 17.3 Å². The second kappa shape index (κ2) is 8.08. The number of fused-ring (bicyclic) bond motifs is 1. The van der Waals surface area contributed by atoms with Gasteiger partial charge >= 0.3 is 0 Å². The van der Waals surface area contributed by atoms with Gasteiger partial charge in [-0.25, -0.2) is 4.68 Å². The zero-order valence-corrected chi connectivity index (χ0v) is 17.1. The number of aromatic nitrogens is 2. The van der Waals surface area contributed by atoms with Crippen LogP contribution in [0, 0.1) is 0 Å². The van der Waals surface area contributed by atoms with Crippen molar-refractivity contribution in [3.63, 3.8) is 0 Å². The van der Waals surface area contributed by atoms with Gasteiger partial charge in [-0.1, -0.05) is 11.6 Å². The molecule has 0 fully saturated rings. The first-order valence-electron chi connectivity index (χ1n) is 9.16. The van der Waals surface area contributed by atoms with Crippen LogP contribution in [0.2, 0.25) is 5.02 Å². The number of methoxy groups -OCH3 is 2. The first-order chi connectivity index (χ1) is 14.5. The largest absolute Gasteiger partial charge is 0.497 e. The number of ether oxygens (including phenoxy) is 2. The van der Waals surface area contributed by atoms with Gasteiger partial charge in [0.2, 0.25) is 11.8 Å². The molecule has 30 heavy (non-hydrogen) atoms. The zero-order chi connectivity index (χ0) is 21.3. The number of anilines is 2. The molecule has 1 atom stereocenters. The quantitative estimate of drug-likeness (QED) is 0.648. The standard InChI is InChI=1S/C21H19ClN4O4/c1-29-14-6-3-12(4-7-14)16-10-19-24-20(27)11-17(26(19)25-16)21(28)23-13-5-8-18(30-2)15(22)9-13/h3-10,17H,11H2,1-2H3,(H,23,28)(H,24,27). The molecule has 3 aromatic rings. The van der Waals surface area contributed by atoms with Crippen LogP contribution in [0.4, 0.5) is 11.5 Å². The minimum Gasteiger partial charge on any atom is -0.497 e. The number of rotatable bonds is 5. The number of benzene rings is 2. The van der Waals surface area contributed by atoms with E-state index < -0.39 is 6.04 Å². The predicted molar refractivity (Wildman–Crippen MR) is 113 cm³/mol. The normalized spacial score (nSPS) is 15.2. The average Bonchev–Trinajstić information content (AvgIpc) is 3.17. The van der Waals surface area contributed by atoms with Gasteiger partial charge in [0.25, 0.3) is 0 Å². The van der Waals surface area contributed by atoms with Crippen LogP contribution in [0.5, 0.6) is 11.5 Å². The Balaban J connectivity index is 1.60. The smallest absolute Gasteiger partial charge is 0.249 e. The van der Waals surface area contributed by atoms with Crippen molar-refractivity contribution >= 4 is 34.9 Å². The lowest BCUT2D eigenvalue weighted by molar-refractivity contribution is -0.125. The van der Waals surface area contributed by atoms with E-state index in [2.05, 4.69) is 15.7 Å². The summed E-state index contributed by atoms with van der Waals surface area (Å²) in [5.74, 6) is 1.08. The molecule has 1 unspecified atom stereocenters. The van der Waals surface area contributed by atoms with Gasteiger partial charge in [0.05, 0.1) is 31.4 Å². The Morgan fingerprint density at radius 2 is 1.93 bits per heavy atom. The molecule has 9 heteroatoms. The second-order valence-corrected chi connectivity index (χ2v) is 7.10. The molecular formula is C21H19ClN4O4. The van der Waals surface area contributed by atoms with E-state index in [0.717, 1.165) is 11.3 Å². The SMILES string of the molecule is COc1ccc(-c2cc3n(n2)C(C(=O)Nc2ccc(OC)c(Cl)c2)CC(=O)N3)cc1. The van der Waals surface area contributed by atoms with Crippen molar-refractivity contribution in [1.29, 1.82) is 0 Å². The summed E-state index contributed by atoms with van der Waals surface area (Å²) in [6.07, 6.45) is -0.0214. The Morgan fingerprint density at radius 1 is 1.17 bits per heavy atom. The van der Waals surface area contributed by atoms with Gasteiger partial charge < -0.3 is 20.1 Å². The Hall–Kier alpha value is -3.52. The molecule has 0 bridgehead atoms. The van der Waals surface area contributed by atoms with Gasteiger partial charge in [-0.2, -0.15) is 5.10 Å². The first kappa shape index (κ1) is 19.8. The molecular weight excluding hydrogens is 408 g/mol. The highest BCUT2D eigenvalue weighted by molar-refractivity contribution is 6.32. The monoisotopic (exact) mass is 426 g/mol. The van der Waals surface area contributed by atoms with E-state index in [9.17, 15) is 9.59 Å². The van der Waals surface area contributed by atoms with E-state index in [0.29, 0.717) is 28.0 Å². The summed E-state index contributed by atoms with van der Waals surface area (Å²) >= 11 is 6.13. The summed E-state index contributed by atoms with van der Waals surface area (Å²) in [6, 6.07) is 13.3. The van der Waals surface area contributed by atoms with Crippen molar-refractivity contribution in [2.75, 3.05) is 24.9 Å². The van der Waals surface area contributed by atoms with Crippen LogP contribution in [0.1, 0.15) is 12.5 Å². The summed E-state index contributed by atoms with van der Waals surface area (Å²) < 4.78 is 11.8. The number of halogens is 1. The number of amides is 2. The fourth-order valence-corrected chi connectivity index (χ4v) is 3.52. The molecule has 8 nitrogen and oxygen atoms in total. The van der Waals surface area contributed by atoms with Crippen molar-refractivity contribution in [3.05, 3.63) is 53.6 Å². The zero-order valence-electron chi connectivity index (χ0n) is 16.3. The molecule has 2 aromatic carbocycles. The molecule has 2 N–H and O–H groups in total. The van der Waals surface area contributed by atoms with E-state index >= 15 is 0 Å². The summed E-state index contributed by atoms with van der Waals surface area (Å²) in [4.78, 5) is 25.1. The Labute approximate surface area is 177 Å². The molecule has 0 aliphatic carbocycles. The van der Waals surface area contributed by atoms with E-state index in [1.807, 2.05) is 24.3 Å². The maximum atomic E-state index is 12.9. The van der Waals surface area contributed by atoms with Crippen molar-refractivity contribution < 1.29 is 19.1 Å². The van der Waals surface area contributed by atoms with Crippen LogP contribution in [0.25, 0.3) is 11.3 Å². The lowest BCUT2D eigenvalue weighted by atomic mass is 10.1. The number of hydrogen-bond acceptors (Lipinski definition) is 5. The summed E-state index contributed by atoms with van der Waals surface area (Å²) in [6.45, 7) is 0. The third-order valence-corrected chi connectivity index (χ3v) is 5.08. The van der Waals surface area contributed by atoms with E-state index in [1.54, 1.807) is 31.4 Å². The third kappa shape index (κ3) is 3.81. The van der Waals surface area contributed by atoms with E-state index in [-0.39, 0.29) is 18.2 Å². The fraction of sp³-hybridized carbons (Fsp3) is 0.190. The maximum absolute atomic E-state index is 12.9. The summed E-state index contributed by atoms with van der Waals surface area (Å²) in [5.41, 5.74) is 1.98. The molecule has 1 aliphatic heterocycles. The van der Waals surface area contributed by atoms with Crippen molar-refractivity contribution in [2.45, 2.75) is 12.5 Å². The van der Waals surface area contributed by atoms with Crippen LogP contribution in [0.3, 0.4) is 0 Å². The molecule has 2 amide bonds. The van der Waals surface area contributed by atoms with Crippen molar-refractivity contribution in [3.8, 4) is 22.8 Å². The van der Waals surface area contributed by atoms with Gasteiger partial charge in [0.1, 0.15) is 23.4 Å². The molecule has 154 valence electrons. The molecule has 0 saturated heterocycles. The van der Waals surface area contributed by atoms with Crippen molar-refractivity contribution in [1.82, 2.24) is 9.78 Å². The molecule has 0 spiro atoms. The van der Waals surface area contributed by atoms with Crippen molar-refractivity contribution in [2.24, 2.45) is 0 Å². The molecule has 1 aromatic heterocycles. The molecule has 0 saturated carbocycles. The van der Waals surface area contributed by atoms with Crippen LogP contribution in [0.15, 0.2) is 48.5 Å². The van der Waals surface area contributed by atoms with Gasteiger partial charge in [-0.05, 0) is 42.5 Å². The Morgan fingerprint density at radius 3 is 2.60 bits per heavy atom. The van der Waals surface area contributed by atoms with Crippen LogP contribution in [-0.4, -0.2) is 35.8 Å². The number of hydrogen-bond donors (Lipinski definition) is 2. The number of nitrogens with zero attached hydrogens (tertiary/aromatic N) is 2. The first-order valence-corrected chi connectivity index (χ1v) is 9.54. The van der Waals surface area contributed by atoms with Gasteiger partial charge in [-0.15, -0.1) is 0 Å². The predicted octanol–water partition coefficient (Wildman–Crippen LogP) is 3.74. The topological polar surface area (TPSA) is 94.5 Å². The maximum Gasteiger partial charge on any atom is 0.249 e. The Kier molecular flexibility index (Phi) is 5.33. The summed E-state index contributed by atoms with van der Waals surface area (Å²) in [5, 5.41) is 10.5. The Bertz CT molecular complexity index is 1110. The van der Waals surface area contributed by atoms with Crippen LogP contribution < -0.4 is 20.1 Å². The van der Waals surface area contributed by atoms with Crippen LogP contribution in [-0.2, 0) is 9.59 Å². The lowest BCUT2D eigenvalue weighted by Gasteiger charge is -2.23. The molecule has 4 rings (SSSR count). The highest BCUT2D eigenvalue weighted by Crippen LogP contribution is 2.32. The molecule has 0 radical (unpaired) electrons. The third-order valence-electron chi connectivity index (χ3n) is 4.78. The lowest BCUT2D eigenvalue weighted by Crippen LogP contribution is -2.35. The highest BCUT2D eigenvalue weighted by atomic mass is 35.5. The minimum atomic E-state index is -0.790. The van der Waals surface area contributed by atoms with E-state index in [1.165, 1.54) is 11.8 Å². The van der Waals surface area contributed by atoms with Crippen LogP contribution >= 0.6 is 11.6 Å².